The SMILES string of the molecule is CCOC(=O)CCNC(=O)N1CCc2c([nH]c3ccc(OC)cc23)[C@H]1c1ccc(C)cc1. The average molecular weight is 436 g/mol. The van der Waals surface area contributed by atoms with Gasteiger partial charge in [-0.05, 0) is 49.6 Å². The Kier molecular flexibility index (Phi) is 6.35. The number of carbonyl (C=O) groups is 2. The molecule has 0 saturated carbocycles. The zero-order valence-electron chi connectivity index (χ0n) is 18.7. The van der Waals surface area contributed by atoms with Gasteiger partial charge in [-0.25, -0.2) is 4.79 Å². The molecule has 4 rings (SSSR count). The van der Waals surface area contributed by atoms with Gasteiger partial charge in [-0.2, -0.15) is 0 Å². The minimum Gasteiger partial charge on any atom is -0.497 e. The number of nitrogens with one attached hydrogen (secondary N) is 2. The molecule has 1 aliphatic rings. The van der Waals surface area contributed by atoms with Crippen molar-refractivity contribution in [3.05, 3.63) is 64.8 Å². The summed E-state index contributed by atoms with van der Waals surface area (Å²) in [6, 6.07) is 13.8. The molecule has 1 atom stereocenters. The number of esters is 1. The maximum absolute atomic E-state index is 13.1. The van der Waals surface area contributed by atoms with Crippen LogP contribution in [-0.2, 0) is 16.0 Å². The van der Waals surface area contributed by atoms with Gasteiger partial charge in [0, 0.05) is 29.7 Å². The van der Waals surface area contributed by atoms with E-state index in [1.54, 1.807) is 14.0 Å². The van der Waals surface area contributed by atoms with Crippen LogP contribution >= 0.6 is 0 Å². The van der Waals surface area contributed by atoms with Gasteiger partial charge in [-0.3, -0.25) is 4.79 Å². The average Bonchev–Trinajstić information content (AvgIpc) is 3.17. The zero-order valence-corrected chi connectivity index (χ0v) is 18.7. The van der Waals surface area contributed by atoms with Crippen LogP contribution in [0.25, 0.3) is 10.9 Å². The second kappa shape index (κ2) is 9.34. The number of aryl methyl sites for hydroxylation is 1. The summed E-state index contributed by atoms with van der Waals surface area (Å²) in [5.74, 6) is 0.499. The number of amides is 2. The molecule has 7 nitrogen and oxygen atoms in total. The first-order chi connectivity index (χ1) is 15.5. The lowest BCUT2D eigenvalue weighted by Crippen LogP contribution is -2.46. The number of aromatic amines is 1. The van der Waals surface area contributed by atoms with Gasteiger partial charge in [-0.15, -0.1) is 0 Å². The smallest absolute Gasteiger partial charge is 0.318 e. The fraction of sp³-hybridized carbons (Fsp3) is 0.360. The lowest BCUT2D eigenvalue weighted by atomic mass is 9.92. The molecule has 3 aromatic rings. The number of hydrogen-bond acceptors (Lipinski definition) is 4. The van der Waals surface area contributed by atoms with E-state index in [2.05, 4.69) is 34.6 Å². The summed E-state index contributed by atoms with van der Waals surface area (Å²) < 4.78 is 10.4. The molecule has 0 spiro atoms. The normalized spacial score (nSPS) is 15.3. The van der Waals surface area contributed by atoms with Gasteiger partial charge < -0.3 is 24.7 Å². The van der Waals surface area contributed by atoms with Crippen molar-refractivity contribution in [3.8, 4) is 5.75 Å². The van der Waals surface area contributed by atoms with Crippen molar-refractivity contribution in [2.45, 2.75) is 32.7 Å². The van der Waals surface area contributed by atoms with Crippen molar-refractivity contribution in [2.24, 2.45) is 0 Å². The van der Waals surface area contributed by atoms with E-state index in [0.29, 0.717) is 13.2 Å². The van der Waals surface area contributed by atoms with Crippen LogP contribution in [-0.4, -0.2) is 48.7 Å². The predicted molar refractivity (Wildman–Crippen MR) is 123 cm³/mol. The van der Waals surface area contributed by atoms with Crippen LogP contribution in [0.5, 0.6) is 5.75 Å². The molecule has 2 heterocycles. The van der Waals surface area contributed by atoms with Crippen LogP contribution in [0.2, 0.25) is 0 Å². The summed E-state index contributed by atoms with van der Waals surface area (Å²) in [6.07, 6.45) is 0.885. The van der Waals surface area contributed by atoms with E-state index < -0.39 is 0 Å². The molecule has 0 fully saturated rings. The summed E-state index contributed by atoms with van der Waals surface area (Å²) in [5, 5.41) is 4.01. The van der Waals surface area contributed by atoms with E-state index in [1.807, 2.05) is 30.0 Å². The fourth-order valence-corrected chi connectivity index (χ4v) is 4.31. The Morgan fingerprint density at radius 3 is 2.69 bits per heavy atom. The second-order valence-electron chi connectivity index (χ2n) is 7.97. The van der Waals surface area contributed by atoms with Gasteiger partial charge in [0.05, 0.1) is 26.2 Å². The van der Waals surface area contributed by atoms with Gasteiger partial charge in [0.2, 0.25) is 0 Å². The third-order valence-electron chi connectivity index (χ3n) is 5.90. The molecule has 2 amide bonds. The van der Waals surface area contributed by atoms with Crippen molar-refractivity contribution >= 4 is 22.9 Å². The van der Waals surface area contributed by atoms with E-state index >= 15 is 0 Å². The van der Waals surface area contributed by atoms with E-state index in [4.69, 9.17) is 9.47 Å². The highest BCUT2D eigenvalue weighted by Crippen LogP contribution is 2.39. The van der Waals surface area contributed by atoms with Crippen LogP contribution in [0.1, 0.15) is 41.8 Å². The Bertz CT molecular complexity index is 1120. The molecule has 0 bridgehead atoms. The first kappa shape index (κ1) is 21.7. The molecule has 0 saturated heterocycles. The number of methoxy groups -OCH3 is 1. The first-order valence-electron chi connectivity index (χ1n) is 11.0. The van der Waals surface area contributed by atoms with Crippen molar-refractivity contribution in [3.63, 3.8) is 0 Å². The summed E-state index contributed by atoms with van der Waals surface area (Å²) in [6.45, 7) is 4.96. The standard InChI is InChI=1S/C25H29N3O4/c1-4-32-22(29)11-13-26-25(30)28-14-12-19-20-15-18(31-3)9-10-21(20)27-23(19)24(28)17-7-5-16(2)6-8-17/h5-10,15,24,27H,4,11-14H2,1-3H3,(H,26,30)/t24-/m1/s1. The molecule has 1 aliphatic heterocycles. The number of ether oxygens (including phenoxy) is 2. The Balaban J connectivity index is 1.66. The maximum Gasteiger partial charge on any atom is 0.318 e. The molecule has 2 N–H and O–H groups in total. The topological polar surface area (TPSA) is 83.7 Å². The van der Waals surface area contributed by atoms with E-state index in [9.17, 15) is 9.59 Å². The molecule has 0 aliphatic carbocycles. The van der Waals surface area contributed by atoms with Crippen molar-refractivity contribution < 1.29 is 19.1 Å². The minimum absolute atomic E-state index is 0.153. The number of H-pyrrole nitrogens is 1. The van der Waals surface area contributed by atoms with Gasteiger partial charge in [0.15, 0.2) is 0 Å². The lowest BCUT2D eigenvalue weighted by molar-refractivity contribution is -0.142. The molecular formula is C25H29N3O4. The summed E-state index contributed by atoms with van der Waals surface area (Å²) in [7, 11) is 1.66. The molecular weight excluding hydrogens is 406 g/mol. The minimum atomic E-state index is -0.312. The molecule has 168 valence electrons. The monoisotopic (exact) mass is 435 g/mol. The van der Waals surface area contributed by atoms with Gasteiger partial charge >= 0.3 is 12.0 Å². The third-order valence-corrected chi connectivity index (χ3v) is 5.90. The van der Waals surface area contributed by atoms with E-state index in [1.165, 1.54) is 5.56 Å². The third kappa shape index (κ3) is 4.28. The summed E-state index contributed by atoms with van der Waals surface area (Å²) in [4.78, 5) is 30.2. The zero-order chi connectivity index (χ0) is 22.7. The molecule has 2 aromatic carbocycles. The molecule has 0 radical (unpaired) electrons. The number of nitrogens with zero attached hydrogens (tertiary/aromatic N) is 1. The van der Waals surface area contributed by atoms with Gasteiger partial charge in [0.1, 0.15) is 5.75 Å². The Morgan fingerprint density at radius 1 is 1.19 bits per heavy atom. The van der Waals surface area contributed by atoms with Crippen molar-refractivity contribution in [1.29, 1.82) is 0 Å². The number of carbonyl (C=O) groups excluding carboxylic acids is 2. The maximum atomic E-state index is 13.1. The number of hydrogen-bond donors (Lipinski definition) is 2. The number of benzene rings is 2. The Hall–Kier alpha value is -3.48. The first-order valence-corrected chi connectivity index (χ1v) is 11.0. The molecule has 0 unspecified atom stereocenters. The molecule has 32 heavy (non-hydrogen) atoms. The Morgan fingerprint density at radius 2 is 1.97 bits per heavy atom. The summed E-state index contributed by atoms with van der Waals surface area (Å²) in [5.41, 5.74) is 5.45. The van der Waals surface area contributed by atoms with Crippen LogP contribution in [0.3, 0.4) is 0 Å². The second-order valence-corrected chi connectivity index (χ2v) is 7.97. The summed E-state index contributed by atoms with van der Waals surface area (Å²) >= 11 is 0. The van der Waals surface area contributed by atoms with Crippen LogP contribution in [0, 0.1) is 6.92 Å². The van der Waals surface area contributed by atoms with Gasteiger partial charge in [-0.1, -0.05) is 29.8 Å². The van der Waals surface area contributed by atoms with Crippen molar-refractivity contribution in [1.82, 2.24) is 15.2 Å². The van der Waals surface area contributed by atoms with Crippen LogP contribution in [0.4, 0.5) is 4.79 Å². The van der Waals surface area contributed by atoms with E-state index in [0.717, 1.165) is 39.9 Å². The molecule has 1 aromatic heterocycles. The highest BCUT2D eigenvalue weighted by Gasteiger charge is 2.34. The van der Waals surface area contributed by atoms with E-state index in [-0.39, 0.29) is 31.0 Å². The number of urea groups is 1. The van der Waals surface area contributed by atoms with Crippen LogP contribution < -0.4 is 10.1 Å². The number of aromatic nitrogens is 1. The lowest BCUT2D eigenvalue weighted by Gasteiger charge is -2.36. The Labute approximate surface area is 187 Å². The largest absolute Gasteiger partial charge is 0.497 e. The van der Waals surface area contributed by atoms with Crippen LogP contribution in [0.15, 0.2) is 42.5 Å². The fourth-order valence-electron chi connectivity index (χ4n) is 4.31. The highest BCUT2D eigenvalue weighted by molar-refractivity contribution is 5.87. The van der Waals surface area contributed by atoms with Gasteiger partial charge in [0.25, 0.3) is 0 Å². The molecule has 7 heteroatoms. The predicted octanol–water partition coefficient (Wildman–Crippen LogP) is 4.10. The van der Waals surface area contributed by atoms with Crippen molar-refractivity contribution in [2.75, 3.05) is 26.8 Å². The quantitative estimate of drug-likeness (QED) is 0.571. The number of fused-ring (bicyclic) bond motifs is 3. The highest BCUT2D eigenvalue weighted by atomic mass is 16.5. The number of rotatable bonds is 6.